The first kappa shape index (κ1) is 17.5. The van der Waals surface area contributed by atoms with Crippen LogP contribution in [0.15, 0.2) is 24.3 Å². The number of hydrogen-bond acceptors (Lipinski definition) is 3. The summed E-state index contributed by atoms with van der Waals surface area (Å²) in [6.45, 7) is 8.67. The van der Waals surface area contributed by atoms with Crippen LogP contribution in [0.1, 0.15) is 31.4 Å². The quantitative estimate of drug-likeness (QED) is 0.800. The number of nitrogens with zero attached hydrogens (tertiary/aromatic N) is 1. The SMILES string of the molecule is CCN[C@H](C)CNC(=O)C1CC(=O)N(Cc2ccc(C)cc2)C1. The molecule has 2 N–H and O–H groups in total. The molecule has 2 rings (SSSR count). The zero-order chi connectivity index (χ0) is 16.8. The number of carbonyl (C=O) groups excluding carboxylic acids is 2. The van der Waals surface area contributed by atoms with E-state index < -0.39 is 0 Å². The first-order valence-electron chi connectivity index (χ1n) is 8.34. The molecule has 0 bridgehead atoms. The van der Waals surface area contributed by atoms with E-state index in [0.717, 1.165) is 12.1 Å². The second-order valence-corrected chi connectivity index (χ2v) is 6.36. The molecule has 2 atom stereocenters. The van der Waals surface area contributed by atoms with Crippen molar-refractivity contribution in [2.24, 2.45) is 5.92 Å². The zero-order valence-corrected chi connectivity index (χ0v) is 14.3. The van der Waals surface area contributed by atoms with Gasteiger partial charge in [0.2, 0.25) is 11.8 Å². The number of aryl methyl sites for hydroxylation is 1. The highest BCUT2D eigenvalue weighted by atomic mass is 16.2. The number of amides is 2. The summed E-state index contributed by atoms with van der Waals surface area (Å²) >= 11 is 0. The Labute approximate surface area is 138 Å². The normalized spacial score (nSPS) is 19.0. The molecular formula is C18H27N3O2. The molecule has 0 aliphatic carbocycles. The van der Waals surface area contributed by atoms with Crippen LogP contribution < -0.4 is 10.6 Å². The van der Waals surface area contributed by atoms with Crippen molar-refractivity contribution >= 4 is 11.8 Å². The fourth-order valence-electron chi connectivity index (χ4n) is 2.83. The molecule has 1 saturated heterocycles. The molecule has 5 nitrogen and oxygen atoms in total. The lowest BCUT2D eigenvalue weighted by Crippen LogP contribution is -2.41. The summed E-state index contributed by atoms with van der Waals surface area (Å²) in [6, 6.07) is 8.40. The average Bonchev–Trinajstić information content (AvgIpc) is 2.88. The van der Waals surface area contributed by atoms with Gasteiger partial charge >= 0.3 is 0 Å². The van der Waals surface area contributed by atoms with Crippen molar-refractivity contribution in [1.29, 1.82) is 0 Å². The maximum absolute atomic E-state index is 12.2. The van der Waals surface area contributed by atoms with Crippen molar-refractivity contribution in [2.75, 3.05) is 19.6 Å². The first-order chi connectivity index (χ1) is 11.0. The molecule has 1 aromatic carbocycles. The molecule has 1 aromatic rings. The van der Waals surface area contributed by atoms with Crippen molar-refractivity contribution < 1.29 is 9.59 Å². The summed E-state index contributed by atoms with van der Waals surface area (Å²) < 4.78 is 0. The molecule has 0 saturated carbocycles. The van der Waals surface area contributed by atoms with E-state index in [-0.39, 0.29) is 23.8 Å². The lowest BCUT2D eigenvalue weighted by molar-refractivity contribution is -0.129. The van der Waals surface area contributed by atoms with E-state index in [4.69, 9.17) is 0 Å². The Kier molecular flexibility index (Phi) is 6.16. The number of nitrogens with one attached hydrogen (secondary N) is 2. The number of rotatable bonds is 7. The standard InChI is InChI=1S/C18H27N3O2/c1-4-19-14(3)10-20-18(23)16-9-17(22)21(12-16)11-15-7-5-13(2)6-8-15/h5-8,14,16,19H,4,9-12H2,1-3H3,(H,20,23)/t14-,16?/m1/s1. The zero-order valence-electron chi connectivity index (χ0n) is 14.3. The van der Waals surface area contributed by atoms with E-state index in [0.29, 0.717) is 26.1 Å². The molecule has 5 heteroatoms. The summed E-state index contributed by atoms with van der Waals surface area (Å²) in [7, 11) is 0. The molecule has 1 heterocycles. The van der Waals surface area contributed by atoms with Gasteiger partial charge in [0.1, 0.15) is 0 Å². The van der Waals surface area contributed by atoms with Crippen LogP contribution in [0, 0.1) is 12.8 Å². The van der Waals surface area contributed by atoms with Crippen LogP contribution in [0.25, 0.3) is 0 Å². The third-order valence-electron chi connectivity index (χ3n) is 4.21. The number of benzene rings is 1. The minimum atomic E-state index is -0.234. The maximum atomic E-state index is 12.2. The summed E-state index contributed by atoms with van der Waals surface area (Å²) in [4.78, 5) is 26.1. The number of likely N-dealkylation sites (N-methyl/N-ethyl adjacent to an activating group) is 1. The first-order valence-corrected chi connectivity index (χ1v) is 8.34. The molecule has 2 amide bonds. The van der Waals surface area contributed by atoms with E-state index in [1.54, 1.807) is 4.90 Å². The summed E-state index contributed by atoms with van der Waals surface area (Å²) in [5.74, 6) is -0.193. The van der Waals surface area contributed by atoms with Gasteiger partial charge in [0, 0.05) is 32.1 Å². The van der Waals surface area contributed by atoms with E-state index in [1.807, 2.05) is 45.0 Å². The molecule has 0 spiro atoms. The fourth-order valence-corrected chi connectivity index (χ4v) is 2.83. The Balaban J connectivity index is 1.84. The smallest absolute Gasteiger partial charge is 0.225 e. The number of hydrogen-bond donors (Lipinski definition) is 2. The van der Waals surface area contributed by atoms with Gasteiger partial charge < -0.3 is 15.5 Å². The van der Waals surface area contributed by atoms with Gasteiger partial charge in [-0.2, -0.15) is 0 Å². The van der Waals surface area contributed by atoms with E-state index >= 15 is 0 Å². The van der Waals surface area contributed by atoms with Gasteiger partial charge in [0.15, 0.2) is 0 Å². The van der Waals surface area contributed by atoms with Gasteiger partial charge in [-0.15, -0.1) is 0 Å². The summed E-state index contributed by atoms with van der Waals surface area (Å²) in [5, 5.41) is 6.20. The molecule has 126 valence electrons. The Morgan fingerprint density at radius 1 is 1.35 bits per heavy atom. The maximum Gasteiger partial charge on any atom is 0.225 e. The molecule has 1 aliphatic heterocycles. The van der Waals surface area contributed by atoms with E-state index in [1.165, 1.54) is 5.56 Å². The van der Waals surface area contributed by atoms with Crippen LogP contribution in [0.2, 0.25) is 0 Å². The topological polar surface area (TPSA) is 61.4 Å². The second-order valence-electron chi connectivity index (χ2n) is 6.36. The van der Waals surface area contributed by atoms with Crippen LogP contribution in [-0.4, -0.2) is 42.4 Å². The van der Waals surface area contributed by atoms with Gasteiger partial charge in [-0.25, -0.2) is 0 Å². The third-order valence-corrected chi connectivity index (χ3v) is 4.21. The van der Waals surface area contributed by atoms with Gasteiger partial charge in [-0.1, -0.05) is 36.8 Å². The number of carbonyl (C=O) groups is 2. The third kappa shape index (κ3) is 5.06. The lowest BCUT2D eigenvalue weighted by Gasteiger charge is -2.18. The van der Waals surface area contributed by atoms with Crippen LogP contribution in [0.3, 0.4) is 0 Å². The van der Waals surface area contributed by atoms with Crippen molar-refractivity contribution in [2.45, 2.75) is 39.8 Å². The van der Waals surface area contributed by atoms with Crippen molar-refractivity contribution in [3.63, 3.8) is 0 Å². The van der Waals surface area contributed by atoms with Crippen LogP contribution in [-0.2, 0) is 16.1 Å². The monoisotopic (exact) mass is 317 g/mol. The fraction of sp³-hybridized carbons (Fsp3) is 0.556. The minimum Gasteiger partial charge on any atom is -0.354 e. The number of likely N-dealkylation sites (tertiary alicyclic amines) is 1. The van der Waals surface area contributed by atoms with E-state index in [2.05, 4.69) is 10.6 Å². The summed E-state index contributed by atoms with van der Waals surface area (Å²) in [6.07, 6.45) is 0.313. The Bertz CT molecular complexity index is 542. The average molecular weight is 317 g/mol. The van der Waals surface area contributed by atoms with Crippen molar-refractivity contribution in [1.82, 2.24) is 15.5 Å². The van der Waals surface area contributed by atoms with Crippen molar-refractivity contribution in [3.8, 4) is 0 Å². The highest BCUT2D eigenvalue weighted by Crippen LogP contribution is 2.20. The second kappa shape index (κ2) is 8.11. The molecule has 1 fully saturated rings. The molecular weight excluding hydrogens is 290 g/mol. The van der Waals surface area contributed by atoms with E-state index in [9.17, 15) is 9.59 Å². The van der Waals surface area contributed by atoms with Crippen LogP contribution in [0.5, 0.6) is 0 Å². The highest BCUT2D eigenvalue weighted by molar-refractivity contribution is 5.89. The minimum absolute atomic E-state index is 0.0190. The summed E-state index contributed by atoms with van der Waals surface area (Å²) in [5.41, 5.74) is 2.30. The Morgan fingerprint density at radius 2 is 2.04 bits per heavy atom. The molecule has 0 aromatic heterocycles. The highest BCUT2D eigenvalue weighted by Gasteiger charge is 2.34. The van der Waals surface area contributed by atoms with Crippen LogP contribution in [0.4, 0.5) is 0 Å². The van der Waals surface area contributed by atoms with Gasteiger partial charge in [0.05, 0.1) is 5.92 Å². The van der Waals surface area contributed by atoms with Gasteiger partial charge in [-0.3, -0.25) is 9.59 Å². The molecule has 1 aliphatic rings. The van der Waals surface area contributed by atoms with Crippen molar-refractivity contribution in [3.05, 3.63) is 35.4 Å². The predicted molar refractivity (Wildman–Crippen MR) is 90.9 cm³/mol. The van der Waals surface area contributed by atoms with Crippen LogP contribution >= 0.6 is 0 Å². The molecule has 23 heavy (non-hydrogen) atoms. The predicted octanol–water partition coefficient (Wildman–Crippen LogP) is 1.46. The Hall–Kier alpha value is -1.88. The van der Waals surface area contributed by atoms with Gasteiger partial charge in [0.25, 0.3) is 0 Å². The molecule has 0 radical (unpaired) electrons. The largest absolute Gasteiger partial charge is 0.354 e. The lowest BCUT2D eigenvalue weighted by atomic mass is 10.1. The Morgan fingerprint density at radius 3 is 2.70 bits per heavy atom. The van der Waals surface area contributed by atoms with Gasteiger partial charge in [-0.05, 0) is 26.0 Å². The molecule has 1 unspecified atom stereocenters.